The molecule has 2 aromatic carbocycles. The maximum absolute atomic E-state index is 12.8. The van der Waals surface area contributed by atoms with Crippen molar-refractivity contribution in [1.82, 2.24) is 0 Å². The fourth-order valence-electron chi connectivity index (χ4n) is 2.38. The molecule has 0 N–H and O–H groups in total. The molecule has 0 spiro atoms. The second-order valence-electron chi connectivity index (χ2n) is 5.56. The van der Waals surface area contributed by atoms with Crippen LogP contribution in [0.5, 0.6) is 0 Å². The lowest BCUT2D eigenvalue weighted by Gasteiger charge is -2.07. The fraction of sp³-hybridized carbons (Fsp3) is 0.100. The first kappa shape index (κ1) is 18.3. The second-order valence-corrected chi connectivity index (χ2v) is 5.56. The summed E-state index contributed by atoms with van der Waals surface area (Å²) in [5.74, 6) is 0.619. The van der Waals surface area contributed by atoms with E-state index >= 15 is 0 Å². The summed E-state index contributed by atoms with van der Waals surface area (Å²) >= 11 is 0. The SMILES string of the molecule is N#Cc1ccccc1CO/N=C\c1ccc(-c2cccc(C(F)(F)F)c2)o1. The lowest BCUT2D eigenvalue weighted by molar-refractivity contribution is -0.137. The summed E-state index contributed by atoms with van der Waals surface area (Å²) in [5.41, 5.74) is 0.762. The van der Waals surface area contributed by atoms with Crippen molar-refractivity contribution in [2.75, 3.05) is 0 Å². The molecule has 0 radical (unpaired) electrons. The molecular formula is C20H13F3N2O2. The number of alkyl halides is 3. The Morgan fingerprint density at radius 1 is 1.07 bits per heavy atom. The Morgan fingerprint density at radius 2 is 1.89 bits per heavy atom. The monoisotopic (exact) mass is 370 g/mol. The second kappa shape index (κ2) is 7.79. The Kier molecular flexibility index (Phi) is 5.27. The molecule has 1 aromatic heterocycles. The molecule has 0 aliphatic carbocycles. The summed E-state index contributed by atoms with van der Waals surface area (Å²) in [6.07, 6.45) is -3.10. The van der Waals surface area contributed by atoms with Gasteiger partial charge in [0.25, 0.3) is 0 Å². The molecule has 0 saturated carbocycles. The molecule has 0 amide bonds. The Labute approximate surface area is 153 Å². The third kappa shape index (κ3) is 4.55. The minimum absolute atomic E-state index is 0.113. The highest BCUT2D eigenvalue weighted by Crippen LogP contribution is 2.32. The van der Waals surface area contributed by atoms with Gasteiger partial charge >= 0.3 is 6.18 Å². The van der Waals surface area contributed by atoms with Gasteiger partial charge in [-0.3, -0.25) is 0 Å². The van der Waals surface area contributed by atoms with Crippen LogP contribution < -0.4 is 0 Å². The van der Waals surface area contributed by atoms with Crippen molar-refractivity contribution in [3.8, 4) is 17.4 Å². The number of halogens is 3. The minimum Gasteiger partial charge on any atom is -0.455 e. The van der Waals surface area contributed by atoms with E-state index in [0.717, 1.165) is 12.1 Å². The third-order valence-electron chi connectivity index (χ3n) is 3.71. The number of furan rings is 1. The zero-order valence-corrected chi connectivity index (χ0v) is 13.9. The normalized spacial score (nSPS) is 11.5. The molecule has 0 saturated heterocycles. The van der Waals surface area contributed by atoms with E-state index in [-0.39, 0.29) is 12.4 Å². The van der Waals surface area contributed by atoms with E-state index in [4.69, 9.17) is 14.5 Å². The van der Waals surface area contributed by atoms with Crippen LogP contribution >= 0.6 is 0 Å². The Hall–Kier alpha value is -3.53. The predicted octanol–water partition coefficient (Wildman–Crippen LogP) is 5.39. The lowest BCUT2D eigenvalue weighted by atomic mass is 10.1. The molecule has 0 fully saturated rings. The van der Waals surface area contributed by atoms with Gasteiger partial charge in [-0.2, -0.15) is 18.4 Å². The number of hydrogen-bond donors (Lipinski definition) is 0. The summed E-state index contributed by atoms with van der Waals surface area (Å²) in [5, 5.41) is 12.8. The summed E-state index contributed by atoms with van der Waals surface area (Å²) in [6, 6.07) is 17.0. The van der Waals surface area contributed by atoms with Crippen molar-refractivity contribution in [2.24, 2.45) is 5.16 Å². The van der Waals surface area contributed by atoms with E-state index in [1.165, 1.54) is 18.3 Å². The van der Waals surface area contributed by atoms with Crippen LogP contribution in [0.15, 0.2) is 70.2 Å². The predicted molar refractivity (Wildman–Crippen MR) is 92.7 cm³/mol. The number of rotatable bonds is 5. The van der Waals surface area contributed by atoms with E-state index in [9.17, 15) is 13.2 Å². The standard InChI is InChI=1S/C20H13F3N2O2/c21-20(22,23)17-7-3-6-14(10-17)19-9-8-18(27-19)12-25-26-13-16-5-2-1-4-15(16)11-24/h1-10,12H,13H2/b25-12-. The molecule has 7 heteroatoms. The highest BCUT2D eigenvalue weighted by Gasteiger charge is 2.30. The van der Waals surface area contributed by atoms with Gasteiger partial charge in [0.1, 0.15) is 24.3 Å². The zero-order valence-electron chi connectivity index (χ0n) is 13.9. The van der Waals surface area contributed by atoms with Crippen molar-refractivity contribution < 1.29 is 22.4 Å². The van der Waals surface area contributed by atoms with Crippen molar-refractivity contribution in [3.05, 3.63) is 83.1 Å². The molecule has 4 nitrogen and oxygen atoms in total. The van der Waals surface area contributed by atoms with E-state index < -0.39 is 11.7 Å². The topological polar surface area (TPSA) is 58.5 Å². The molecule has 3 rings (SSSR count). The van der Waals surface area contributed by atoms with Gasteiger partial charge in [0.2, 0.25) is 0 Å². The van der Waals surface area contributed by atoms with E-state index in [1.807, 2.05) is 0 Å². The smallest absolute Gasteiger partial charge is 0.416 e. The average Bonchev–Trinajstić information content (AvgIpc) is 3.14. The van der Waals surface area contributed by atoms with Gasteiger partial charge in [-0.25, -0.2) is 0 Å². The average molecular weight is 370 g/mol. The maximum atomic E-state index is 12.8. The van der Waals surface area contributed by atoms with Crippen LogP contribution in [0.1, 0.15) is 22.5 Å². The molecular weight excluding hydrogens is 357 g/mol. The van der Waals surface area contributed by atoms with Crippen molar-refractivity contribution in [2.45, 2.75) is 12.8 Å². The number of nitrogens with zero attached hydrogens (tertiary/aromatic N) is 2. The van der Waals surface area contributed by atoms with E-state index in [0.29, 0.717) is 22.5 Å². The van der Waals surface area contributed by atoms with Gasteiger partial charge in [-0.15, -0.1) is 0 Å². The Morgan fingerprint density at radius 3 is 2.67 bits per heavy atom. The van der Waals surface area contributed by atoms with Crippen molar-refractivity contribution in [3.63, 3.8) is 0 Å². The molecule has 136 valence electrons. The molecule has 0 atom stereocenters. The van der Waals surface area contributed by atoms with Crippen molar-refractivity contribution in [1.29, 1.82) is 5.26 Å². The van der Waals surface area contributed by atoms with Gasteiger partial charge in [0, 0.05) is 11.1 Å². The molecule has 27 heavy (non-hydrogen) atoms. The zero-order chi connectivity index (χ0) is 19.3. The van der Waals surface area contributed by atoms with E-state index in [1.54, 1.807) is 36.4 Å². The first-order valence-corrected chi connectivity index (χ1v) is 7.88. The van der Waals surface area contributed by atoms with Crippen LogP contribution in [0.3, 0.4) is 0 Å². The fourth-order valence-corrected chi connectivity index (χ4v) is 2.38. The van der Waals surface area contributed by atoms with E-state index in [2.05, 4.69) is 11.2 Å². The summed E-state index contributed by atoms with van der Waals surface area (Å²) in [6.45, 7) is 0.113. The molecule has 0 aliphatic rings. The van der Waals surface area contributed by atoms with Gasteiger partial charge in [0.15, 0.2) is 0 Å². The number of oxime groups is 1. The van der Waals surface area contributed by atoms with Crippen LogP contribution in [-0.4, -0.2) is 6.21 Å². The van der Waals surface area contributed by atoms with Crippen LogP contribution in [0, 0.1) is 11.3 Å². The van der Waals surface area contributed by atoms with Crippen LogP contribution in [0.25, 0.3) is 11.3 Å². The van der Waals surface area contributed by atoms with Gasteiger partial charge in [0.05, 0.1) is 17.2 Å². The largest absolute Gasteiger partial charge is 0.455 e. The summed E-state index contributed by atoms with van der Waals surface area (Å²) < 4.78 is 43.9. The number of hydrogen-bond acceptors (Lipinski definition) is 4. The van der Waals surface area contributed by atoms with Gasteiger partial charge < -0.3 is 9.25 Å². The molecule has 0 unspecified atom stereocenters. The highest BCUT2D eigenvalue weighted by molar-refractivity contribution is 5.77. The molecule has 3 aromatic rings. The summed E-state index contributed by atoms with van der Waals surface area (Å²) in [7, 11) is 0. The Balaban J connectivity index is 1.66. The van der Waals surface area contributed by atoms with Crippen LogP contribution in [0.4, 0.5) is 13.2 Å². The lowest BCUT2D eigenvalue weighted by Crippen LogP contribution is -2.04. The Bertz CT molecular complexity index is 1000. The van der Waals surface area contributed by atoms with Gasteiger partial charge in [-0.05, 0) is 30.3 Å². The van der Waals surface area contributed by atoms with Crippen LogP contribution in [-0.2, 0) is 17.6 Å². The first-order chi connectivity index (χ1) is 13.0. The molecule has 0 aliphatic heterocycles. The van der Waals surface area contributed by atoms with Crippen molar-refractivity contribution >= 4 is 6.21 Å². The molecule has 0 bridgehead atoms. The van der Waals surface area contributed by atoms with Gasteiger partial charge in [-0.1, -0.05) is 35.5 Å². The number of nitriles is 1. The maximum Gasteiger partial charge on any atom is 0.416 e. The van der Waals surface area contributed by atoms with Crippen LogP contribution in [0.2, 0.25) is 0 Å². The minimum atomic E-state index is -4.42. The first-order valence-electron chi connectivity index (χ1n) is 7.88. The highest BCUT2D eigenvalue weighted by atomic mass is 19.4. The number of benzene rings is 2. The third-order valence-corrected chi connectivity index (χ3v) is 3.71. The quantitative estimate of drug-likeness (QED) is 0.447. The molecule has 1 heterocycles. The summed E-state index contributed by atoms with van der Waals surface area (Å²) in [4.78, 5) is 5.15.